The molecule has 3 nitrogen and oxygen atoms in total. The van der Waals surface area contributed by atoms with Crippen LogP contribution in [0, 0.1) is 0 Å². The van der Waals surface area contributed by atoms with Crippen LogP contribution in [0.5, 0.6) is 5.88 Å². The van der Waals surface area contributed by atoms with Crippen LogP contribution in [0.1, 0.15) is 5.56 Å². The van der Waals surface area contributed by atoms with Crippen molar-refractivity contribution in [2.75, 3.05) is 0 Å². The van der Waals surface area contributed by atoms with Crippen LogP contribution in [-0.2, 0) is 6.61 Å². The lowest BCUT2D eigenvalue weighted by Crippen LogP contribution is -1.98. The van der Waals surface area contributed by atoms with E-state index in [0.29, 0.717) is 17.5 Å². The van der Waals surface area contributed by atoms with Gasteiger partial charge < -0.3 is 4.74 Å². The zero-order chi connectivity index (χ0) is 11.4. The van der Waals surface area contributed by atoms with E-state index in [1.807, 2.05) is 24.3 Å². The summed E-state index contributed by atoms with van der Waals surface area (Å²) in [5.74, 6) is 0.523. The van der Waals surface area contributed by atoms with Crippen molar-refractivity contribution in [2.24, 2.45) is 0 Å². The number of ether oxygens (including phenoxy) is 1. The zero-order valence-electron chi connectivity index (χ0n) is 8.23. The molecule has 0 N–H and O–H groups in total. The van der Waals surface area contributed by atoms with Gasteiger partial charge in [0.2, 0.25) is 5.88 Å². The Bertz CT molecular complexity index is 493. The maximum atomic E-state index is 5.87. The summed E-state index contributed by atoms with van der Waals surface area (Å²) in [6.07, 6.45) is 3.08. The summed E-state index contributed by atoms with van der Waals surface area (Å²) >= 11 is 9.18. The molecule has 1 heterocycles. The summed E-state index contributed by atoms with van der Waals surface area (Å²) in [5.41, 5.74) is 0.998. The zero-order valence-corrected chi connectivity index (χ0v) is 10.6. The van der Waals surface area contributed by atoms with Crippen molar-refractivity contribution in [3.05, 3.63) is 51.8 Å². The van der Waals surface area contributed by atoms with E-state index >= 15 is 0 Å². The van der Waals surface area contributed by atoms with Crippen LogP contribution in [0.3, 0.4) is 0 Å². The molecule has 0 unspecified atom stereocenters. The highest BCUT2D eigenvalue weighted by atomic mass is 79.9. The Morgan fingerprint density at radius 2 is 2.25 bits per heavy atom. The van der Waals surface area contributed by atoms with Crippen molar-refractivity contribution < 1.29 is 4.74 Å². The number of benzene rings is 1. The highest BCUT2D eigenvalue weighted by molar-refractivity contribution is 9.10. The highest BCUT2D eigenvalue weighted by Gasteiger charge is 2.02. The number of nitrogens with zero attached hydrogens (tertiary/aromatic N) is 2. The second-order valence-corrected chi connectivity index (χ2v) is 4.39. The molecule has 1 aromatic heterocycles. The van der Waals surface area contributed by atoms with E-state index in [9.17, 15) is 0 Å². The van der Waals surface area contributed by atoms with Gasteiger partial charge in [-0.05, 0) is 33.6 Å². The largest absolute Gasteiger partial charge is 0.472 e. The van der Waals surface area contributed by atoms with E-state index < -0.39 is 0 Å². The van der Waals surface area contributed by atoms with Gasteiger partial charge in [0.25, 0.3) is 0 Å². The van der Waals surface area contributed by atoms with Crippen molar-refractivity contribution >= 4 is 27.5 Å². The molecule has 0 aliphatic carbocycles. The van der Waals surface area contributed by atoms with Crippen LogP contribution in [-0.4, -0.2) is 9.97 Å². The Hall–Kier alpha value is -1.13. The maximum absolute atomic E-state index is 5.87. The Morgan fingerprint density at radius 3 is 3.00 bits per heavy atom. The number of rotatable bonds is 3. The van der Waals surface area contributed by atoms with Gasteiger partial charge in [-0.1, -0.05) is 23.7 Å². The predicted octanol–water partition coefficient (Wildman–Crippen LogP) is 3.47. The summed E-state index contributed by atoms with van der Waals surface area (Å²) in [4.78, 5) is 7.86. The molecule has 16 heavy (non-hydrogen) atoms. The molecule has 0 bridgehead atoms. The summed E-state index contributed by atoms with van der Waals surface area (Å²) in [7, 11) is 0. The third kappa shape index (κ3) is 2.93. The lowest BCUT2D eigenvalue weighted by atomic mass is 10.2. The number of hydrogen-bond donors (Lipinski definition) is 0. The van der Waals surface area contributed by atoms with Crippen molar-refractivity contribution in [3.63, 3.8) is 0 Å². The fraction of sp³-hybridized carbons (Fsp3) is 0.0909. The van der Waals surface area contributed by atoms with Gasteiger partial charge in [-0.15, -0.1) is 0 Å². The minimum atomic E-state index is 0.427. The van der Waals surface area contributed by atoms with Gasteiger partial charge in [0.15, 0.2) is 0 Å². The van der Waals surface area contributed by atoms with Gasteiger partial charge in [0, 0.05) is 11.2 Å². The standard InChI is InChI=1S/C11H8BrClN2O/c12-10-5-14-7-15-11(10)16-6-8-2-1-3-9(13)4-8/h1-5,7H,6H2. The van der Waals surface area contributed by atoms with Crippen molar-refractivity contribution in [3.8, 4) is 5.88 Å². The Kier molecular flexibility index (Phi) is 3.74. The van der Waals surface area contributed by atoms with Gasteiger partial charge in [0.05, 0.1) is 4.47 Å². The lowest BCUT2D eigenvalue weighted by Gasteiger charge is -2.06. The second kappa shape index (κ2) is 5.27. The molecule has 5 heteroatoms. The molecular weight excluding hydrogens is 291 g/mol. The van der Waals surface area contributed by atoms with Gasteiger partial charge in [-0.25, -0.2) is 9.97 Å². The summed E-state index contributed by atoms with van der Waals surface area (Å²) < 4.78 is 6.25. The monoisotopic (exact) mass is 298 g/mol. The molecule has 0 saturated carbocycles. The van der Waals surface area contributed by atoms with Crippen LogP contribution in [0.25, 0.3) is 0 Å². The summed E-state index contributed by atoms with van der Waals surface area (Å²) in [6.45, 7) is 0.427. The van der Waals surface area contributed by atoms with Crippen LogP contribution in [0.2, 0.25) is 5.02 Å². The topological polar surface area (TPSA) is 35.0 Å². The third-order valence-corrected chi connectivity index (χ3v) is 2.68. The molecule has 0 aliphatic heterocycles. The number of hydrogen-bond acceptors (Lipinski definition) is 3. The van der Waals surface area contributed by atoms with Crippen LogP contribution >= 0.6 is 27.5 Å². The molecule has 0 spiro atoms. The van der Waals surface area contributed by atoms with E-state index in [1.54, 1.807) is 6.20 Å². The molecule has 0 aliphatic rings. The van der Waals surface area contributed by atoms with E-state index in [2.05, 4.69) is 25.9 Å². The van der Waals surface area contributed by atoms with Crippen molar-refractivity contribution in [1.82, 2.24) is 9.97 Å². The average Bonchev–Trinajstić information content (AvgIpc) is 2.28. The van der Waals surface area contributed by atoms with Gasteiger partial charge >= 0.3 is 0 Å². The Balaban J connectivity index is 2.05. The minimum absolute atomic E-state index is 0.427. The fourth-order valence-electron chi connectivity index (χ4n) is 1.19. The quantitative estimate of drug-likeness (QED) is 0.870. The van der Waals surface area contributed by atoms with Gasteiger partial charge in [-0.2, -0.15) is 0 Å². The Morgan fingerprint density at radius 1 is 1.38 bits per heavy atom. The molecule has 0 fully saturated rings. The second-order valence-electron chi connectivity index (χ2n) is 3.09. The highest BCUT2D eigenvalue weighted by Crippen LogP contribution is 2.21. The average molecular weight is 300 g/mol. The normalized spacial score (nSPS) is 10.1. The molecule has 1 aromatic carbocycles. The molecule has 0 amide bonds. The SMILES string of the molecule is Clc1cccc(COc2ncncc2Br)c1. The Labute approximate surface area is 107 Å². The first-order valence-corrected chi connectivity index (χ1v) is 5.75. The molecule has 0 saturated heterocycles. The first-order chi connectivity index (χ1) is 7.75. The van der Waals surface area contributed by atoms with E-state index in [0.717, 1.165) is 10.0 Å². The van der Waals surface area contributed by atoms with E-state index in [-0.39, 0.29) is 0 Å². The van der Waals surface area contributed by atoms with Crippen molar-refractivity contribution in [2.45, 2.75) is 6.61 Å². The summed E-state index contributed by atoms with van der Waals surface area (Å²) in [5, 5.41) is 0.697. The smallest absolute Gasteiger partial charge is 0.231 e. The van der Waals surface area contributed by atoms with Crippen LogP contribution in [0.4, 0.5) is 0 Å². The summed E-state index contributed by atoms with van der Waals surface area (Å²) in [6, 6.07) is 7.51. The minimum Gasteiger partial charge on any atom is -0.472 e. The van der Waals surface area contributed by atoms with E-state index in [1.165, 1.54) is 6.33 Å². The predicted molar refractivity (Wildman–Crippen MR) is 65.5 cm³/mol. The molecule has 0 radical (unpaired) electrons. The van der Waals surface area contributed by atoms with E-state index in [4.69, 9.17) is 16.3 Å². The maximum Gasteiger partial charge on any atom is 0.231 e. The molecule has 2 rings (SSSR count). The third-order valence-electron chi connectivity index (χ3n) is 1.90. The van der Waals surface area contributed by atoms with Gasteiger partial charge in [0.1, 0.15) is 12.9 Å². The first kappa shape index (κ1) is 11.4. The van der Waals surface area contributed by atoms with Crippen LogP contribution < -0.4 is 4.74 Å². The van der Waals surface area contributed by atoms with Crippen LogP contribution in [0.15, 0.2) is 41.3 Å². The fourth-order valence-corrected chi connectivity index (χ4v) is 1.73. The molecule has 82 valence electrons. The molecule has 2 aromatic rings. The number of aromatic nitrogens is 2. The number of halogens is 2. The van der Waals surface area contributed by atoms with Gasteiger partial charge in [-0.3, -0.25) is 0 Å². The lowest BCUT2D eigenvalue weighted by molar-refractivity contribution is 0.291. The first-order valence-electron chi connectivity index (χ1n) is 4.58. The molecular formula is C11H8BrClN2O. The molecule has 0 atom stereocenters. The van der Waals surface area contributed by atoms with Crippen molar-refractivity contribution in [1.29, 1.82) is 0 Å².